The van der Waals surface area contributed by atoms with Gasteiger partial charge in [-0.3, -0.25) is 9.59 Å². The largest absolute Gasteiger partial charge is 0.460 e. The molecule has 7 nitrogen and oxygen atoms in total. The van der Waals surface area contributed by atoms with Crippen molar-refractivity contribution in [1.29, 1.82) is 0 Å². The van der Waals surface area contributed by atoms with E-state index >= 15 is 0 Å². The number of nitrogens with one attached hydrogen (secondary N) is 2. The maximum atomic E-state index is 13.7. The van der Waals surface area contributed by atoms with Crippen molar-refractivity contribution in [3.05, 3.63) is 58.3 Å². The summed E-state index contributed by atoms with van der Waals surface area (Å²) in [6.07, 6.45) is 0. The molecule has 0 unspecified atom stereocenters. The maximum absolute atomic E-state index is 13.7. The van der Waals surface area contributed by atoms with Gasteiger partial charge in [-0.25, -0.2) is 12.8 Å². The van der Waals surface area contributed by atoms with Crippen molar-refractivity contribution in [1.82, 2.24) is 4.72 Å². The van der Waals surface area contributed by atoms with Gasteiger partial charge in [0.1, 0.15) is 19.0 Å². The number of amides is 1. The average Bonchev–Trinajstić information content (AvgIpc) is 2.59. The van der Waals surface area contributed by atoms with Gasteiger partial charge in [0.15, 0.2) is 0 Å². The van der Waals surface area contributed by atoms with Crippen molar-refractivity contribution in [3.8, 4) is 0 Å². The molecule has 0 spiro atoms. The minimum absolute atomic E-state index is 0.0802. The van der Waals surface area contributed by atoms with Gasteiger partial charge in [0, 0.05) is 22.6 Å². The molecule has 2 rings (SSSR count). The molecule has 2 aromatic rings. The Morgan fingerprint density at radius 3 is 2.41 bits per heavy atom. The zero-order valence-electron chi connectivity index (χ0n) is 14.2. The van der Waals surface area contributed by atoms with Crippen LogP contribution >= 0.6 is 15.9 Å². The minimum Gasteiger partial charge on any atom is -0.460 e. The minimum atomic E-state index is -3.94. The highest BCUT2D eigenvalue weighted by molar-refractivity contribution is 9.10. The molecule has 0 fully saturated rings. The summed E-state index contributed by atoms with van der Waals surface area (Å²) in [5.41, 5.74) is 0.611. The van der Waals surface area contributed by atoms with Crippen LogP contribution in [0.3, 0.4) is 0 Å². The molecule has 0 aliphatic carbocycles. The summed E-state index contributed by atoms with van der Waals surface area (Å²) < 4.78 is 45.5. The highest BCUT2D eigenvalue weighted by atomic mass is 79.9. The molecule has 10 heteroatoms. The second-order valence-electron chi connectivity index (χ2n) is 5.43. The van der Waals surface area contributed by atoms with E-state index < -0.39 is 28.4 Å². The number of esters is 1. The molecule has 2 N–H and O–H groups in total. The lowest BCUT2D eigenvalue weighted by Gasteiger charge is -2.09. The van der Waals surface area contributed by atoms with E-state index in [2.05, 4.69) is 26.0 Å². The Bertz CT molecular complexity index is 948. The van der Waals surface area contributed by atoms with Gasteiger partial charge < -0.3 is 10.1 Å². The number of rotatable bonds is 7. The summed E-state index contributed by atoms with van der Waals surface area (Å²) in [7, 11) is -3.94. The Hall–Kier alpha value is -2.30. The second kappa shape index (κ2) is 9.07. The highest BCUT2D eigenvalue weighted by Crippen LogP contribution is 2.16. The summed E-state index contributed by atoms with van der Waals surface area (Å²) in [4.78, 5) is 22.6. The first-order valence-electron chi connectivity index (χ1n) is 7.64. The predicted octanol–water partition coefficient (Wildman–Crippen LogP) is 2.57. The number of hydrogen-bond donors (Lipinski definition) is 2. The molecule has 0 aliphatic heterocycles. The van der Waals surface area contributed by atoms with Crippen molar-refractivity contribution >= 4 is 43.5 Å². The van der Waals surface area contributed by atoms with Crippen LogP contribution in [0.1, 0.15) is 12.5 Å². The average molecular weight is 459 g/mol. The molecular weight excluding hydrogens is 443 g/mol. The Morgan fingerprint density at radius 2 is 1.81 bits per heavy atom. The fourth-order valence-corrected chi connectivity index (χ4v) is 3.31. The van der Waals surface area contributed by atoms with Crippen LogP contribution in [0.2, 0.25) is 0 Å². The molecular formula is C17H16BrFN2O5S. The van der Waals surface area contributed by atoms with Gasteiger partial charge in [-0.1, -0.05) is 22.0 Å². The zero-order chi connectivity index (χ0) is 20.0. The summed E-state index contributed by atoms with van der Waals surface area (Å²) in [5.74, 6) is -1.68. The topological polar surface area (TPSA) is 102 Å². The Kier molecular flexibility index (Phi) is 7.05. The van der Waals surface area contributed by atoms with E-state index in [4.69, 9.17) is 4.74 Å². The van der Waals surface area contributed by atoms with Crippen LogP contribution in [0.15, 0.2) is 51.8 Å². The van der Waals surface area contributed by atoms with Gasteiger partial charge >= 0.3 is 5.97 Å². The number of carbonyl (C=O) groups is 2. The first-order valence-corrected chi connectivity index (χ1v) is 9.92. The molecule has 0 heterocycles. The van der Waals surface area contributed by atoms with Gasteiger partial charge in [0.05, 0.1) is 4.90 Å². The van der Waals surface area contributed by atoms with E-state index in [0.717, 1.165) is 0 Å². The SMILES string of the molecule is CC(=O)Nc1ccc(S(=O)(=O)NCC(=O)OCc2ccc(Br)cc2F)cc1. The van der Waals surface area contributed by atoms with Gasteiger partial charge in [0.25, 0.3) is 0 Å². The molecule has 0 saturated heterocycles. The number of benzene rings is 2. The molecule has 0 aromatic heterocycles. The van der Waals surface area contributed by atoms with Crippen LogP contribution in [0, 0.1) is 5.82 Å². The van der Waals surface area contributed by atoms with Crippen LogP contribution in [-0.4, -0.2) is 26.8 Å². The molecule has 0 saturated carbocycles. The van der Waals surface area contributed by atoms with Gasteiger partial charge in [0.2, 0.25) is 15.9 Å². The fourth-order valence-electron chi connectivity index (χ4n) is 2.01. The van der Waals surface area contributed by atoms with Gasteiger partial charge in [-0.15, -0.1) is 0 Å². The third-order valence-electron chi connectivity index (χ3n) is 3.30. The summed E-state index contributed by atoms with van der Waals surface area (Å²) in [5, 5.41) is 2.51. The quantitative estimate of drug-likeness (QED) is 0.620. The van der Waals surface area contributed by atoms with Crippen molar-refractivity contribution in [2.75, 3.05) is 11.9 Å². The molecule has 0 radical (unpaired) electrons. The van der Waals surface area contributed by atoms with Crippen LogP contribution in [0.4, 0.5) is 10.1 Å². The summed E-state index contributed by atoms with van der Waals surface area (Å²) in [6.45, 7) is 0.414. The number of carbonyl (C=O) groups excluding carboxylic acids is 2. The van der Waals surface area contributed by atoms with Crippen molar-refractivity contribution < 1.29 is 27.1 Å². The molecule has 27 heavy (non-hydrogen) atoms. The fraction of sp³-hybridized carbons (Fsp3) is 0.176. The Morgan fingerprint density at radius 1 is 1.15 bits per heavy atom. The van der Waals surface area contributed by atoms with Crippen LogP contribution in [-0.2, 0) is 31.0 Å². The smallest absolute Gasteiger partial charge is 0.321 e. The number of halogens is 2. The van der Waals surface area contributed by atoms with Gasteiger partial charge in [-0.2, -0.15) is 4.72 Å². The Balaban J connectivity index is 1.90. The molecule has 0 atom stereocenters. The molecule has 0 bridgehead atoms. The first-order chi connectivity index (χ1) is 12.7. The number of hydrogen-bond acceptors (Lipinski definition) is 5. The van der Waals surface area contributed by atoms with Crippen molar-refractivity contribution in [2.45, 2.75) is 18.4 Å². The summed E-state index contributed by atoms with van der Waals surface area (Å²) in [6, 6.07) is 9.70. The van der Waals surface area contributed by atoms with E-state index in [1.807, 2.05) is 0 Å². The lowest BCUT2D eigenvalue weighted by atomic mass is 10.2. The van der Waals surface area contributed by atoms with E-state index in [1.165, 1.54) is 43.3 Å². The summed E-state index contributed by atoms with van der Waals surface area (Å²) >= 11 is 3.12. The maximum Gasteiger partial charge on any atom is 0.321 e. The predicted molar refractivity (Wildman–Crippen MR) is 99.8 cm³/mol. The normalized spacial score (nSPS) is 11.1. The lowest BCUT2D eigenvalue weighted by molar-refractivity contribution is -0.143. The molecule has 144 valence electrons. The second-order valence-corrected chi connectivity index (χ2v) is 8.11. The van der Waals surface area contributed by atoms with E-state index in [9.17, 15) is 22.4 Å². The number of ether oxygens (including phenoxy) is 1. The molecule has 0 aliphatic rings. The van der Waals surface area contributed by atoms with Crippen molar-refractivity contribution in [2.24, 2.45) is 0 Å². The van der Waals surface area contributed by atoms with Crippen LogP contribution < -0.4 is 10.0 Å². The third-order valence-corrected chi connectivity index (χ3v) is 5.21. The monoisotopic (exact) mass is 458 g/mol. The first kappa shape index (κ1) is 21.0. The highest BCUT2D eigenvalue weighted by Gasteiger charge is 2.16. The van der Waals surface area contributed by atoms with E-state index in [1.54, 1.807) is 6.07 Å². The van der Waals surface area contributed by atoms with Crippen LogP contribution in [0.25, 0.3) is 0 Å². The van der Waals surface area contributed by atoms with E-state index in [-0.39, 0.29) is 23.0 Å². The van der Waals surface area contributed by atoms with Gasteiger partial charge in [-0.05, 0) is 36.4 Å². The number of anilines is 1. The lowest BCUT2D eigenvalue weighted by Crippen LogP contribution is -2.30. The third kappa shape index (κ3) is 6.42. The molecule has 1 amide bonds. The zero-order valence-corrected chi connectivity index (χ0v) is 16.6. The molecule has 2 aromatic carbocycles. The van der Waals surface area contributed by atoms with E-state index in [0.29, 0.717) is 10.2 Å². The number of sulfonamides is 1. The van der Waals surface area contributed by atoms with Crippen LogP contribution in [0.5, 0.6) is 0 Å². The van der Waals surface area contributed by atoms with Crippen molar-refractivity contribution in [3.63, 3.8) is 0 Å². The Labute approximate surface area is 164 Å². The standard InChI is InChI=1S/C17H16BrFN2O5S/c1-11(22)21-14-4-6-15(7-5-14)27(24,25)20-9-17(23)26-10-12-2-3-13(18)8-16(12)19/h2-8,20H,9-10H2,1H3,(H,21,22).